The highest BCUT2D eigenvalue weighted by Crippen LogP contribution is 2.28. The van der Waals surface area contributed by atoms with Crippen molar-refractivity contribution >= 4 is 23.1 Å². The van der Waals surface area contributed by atoms with Crippen LogP contribution in [0.5, 0.6) is 5.75 Å². The fourth-order valence-electron chi connectivity index (χ4n) is 1.46. The van der Waals surface area contributed by atoms with Gasteiger partial charge in [0, 0.05) is 6.07 Å². The van der Waals surface area contributed by atoms with Crippen LogP contribution in [0.25, 0.3) is 0 Å². The molecular weight excluding hydrogens is 238 g/mol. The summed E-state index contributed by atoms with van der Waals surface area (Å²) in [6.45, 7) is 2.01. The van der Waals surface area contributed by atoms with Gasteiger partial charge in [-0.15, -0.1) is 0 Å². The zero-order chi connectivity index (χ0) is 12.3. The Morgan fingerprint density at radius 2 is 2.06 bits per heavy atom. The predicted molar refractivity (Wildman–Crippen MR) is 68.1 cm³/mol. The highest BCUT2D eigenvalue weighted by molar-refractivity contribution is 6.29. The van der Waals surface area contributed by atoms with Crippen molar-refractivity contribution in [2.75, 3.05) is 12.4 Å². The molecule has 2 aromatic rings. The van der Waals surface area contributed by atoms with E-state index in [1.807, 2.05) is 25.1 Å². The molecule has 0 unspecified atom stereocenters. The number of halogens is 1. The first-order valence-corrected chi connectivity index (χ1v) is 5.46. The van der Waals surface area contributed by atoms with E-state index in [9.17, 15) is 0 Å². The summed E-state index contributed by atoms with van der Waals surface area (Å²) < 4.78 is 5.26. The standard InChI is InChI=1S/C12H12ClN3O/c1-8-3-4-10(17-2)9(5-8)16-12-6-11(13)14-7-15-12/h3-7H,1-2H3,(H,14,15,16). The molecule has 0 radical (unpaired) electrons. The third-order valence-electron chi connectivity index (χ3n) is 2.25. The van der Waals surface area contributed by atoms with Crippen molar-refractivity contribution in [1.82, 2.24) is 9.97 Å². The van der Waals surface area contributed by atoms with Gasteiger partial charge in [0.15, 0.2) is 0 Å². The maximum atomic E-state index is 5.79. The quantitative estimate of drug-likeness (QED) is 0.849. The van der Waals surface area contributed by atoms with Gasteiger partial charge in [0.25, 0.3) is 0 Å². The molecule has 0 aliphatic carbocycles. The van der Waals surface area contributed by atoms with Crippen molar-refractivity contribution in [3.8, 4) is 5.75 Å². The maximum Gasteiger partial charge on any atom is 0.142 e. The fraction of sp³-hybridized carbons (Fsp3) is 0.167. The molecule has 4 nitrogen and oxygen atoms in total. The Morgan fingerprint density at radius 3 is 2.76 bits per heavy atom. The van der Waals surface area contributed by atoms with Crippen molar-refractivity contribution in [2.45, 2.75) is 6.92 Å². The van der Waals surface area contributed by atoms with Gasteiger partial charge in [-0.2, -0.15) is 0 Å². The summed E-state index contributed by atoms with van der Waals surface area (Å²) in [6, 6.07) is 7.52. The lowest BCUT2D eigenvalue weighted by Crippen LogP contribution is -1.97. The second kappa shape index (κ2) is 5.01. The normalized spacial score (nSPS) is 10.1. The molecule has 1 aromatic carbocycles. The maximum absolute atomic E-state index is 5.79. The number of anilines is 2. The molecule has 88 valence electrons. The zero-order valence-corrected chi connectivity index (χ0v) is 10.3. The Hall–Kier alpha value is -1.81. The molecule has 0 saturated heterocycles. The number of nitrogens with one attached hydrogen (secondary N) is 1. The molecule has 1 aromatic heterocycles. The molecule has 0 bridgehead atoms. The van der Waals surface area contributed by atoms with Gasteiger partial charge in [-0.05, 0) is 24.6 Å². The number of nitrogens with zero attached hydrogens (tertiary/aromatic N) is 2. The molecular formula is C12H12ClN3O. The van der Waals surface area contributed by atoms with Gasteiger partial charge in [-0.1, -0.05) is 17.7 Å². The van der Waals surface area contributed by atoms with E-state index in [0.29, 0.717) is 11.0 Å². The Bertz CT molecular complexity index is 531. The minimum atomic E-state index is 0.397. The fourth-order valence-corrected chi connectivity index (χ4v) is 1.61. The summed E-state index contributed by atoms with van der Waals surface area (Å²) >= 11 is 5.79. The van der Waals surface area contributed by atoms with Crippen LogP contribution in [0, 0.1) is 6.92 Å². The van der Waals surface area contributed by atoms with Crippen LogP contribution in [-0.4, -0.2) is 17.1 Å². The van der Waals surface area contributed by atoms with Gasteiger partial charge >= 0.3 is 0 Å². The molecule has 0 aliphatic heterocycles. The van der Waals surface area contributed by atoms with Crippen LogP contribution in [0.3, 0.4) is 0 Å². The molecule has 17 heavy (non-hydrogen) atoms. The Labute approximate surface area is 105 Å². The van der Waals surface area contributed by atoms with E-state index in [-0.39, 0.29) is 0 Å². The first-order valence-electron chi connectivity index (χ1n) is 5.08. The first-order chi connectivity index (χ1) is 8.19. The second-order valence-electron chi connectivity index (χ2n) is 3.55. The molecule has 1 heterocycles. The number of benzene rings is 1. The largest absolute Gasteiger partial charge is 0.495 e. The highest BCUT2D eigenvalue weighted by atomic mass is 35.5. The van der Waals surface area contributed by atoms with Gasteiger partial charge in [0.05, 0.1) is 12.8 Å². The van der Waals surface area contributed by atoms with E-state index in [4.69, 9.17) is 16.3 Å². The number of ether oxygens (including phenoxy) is 1. The van der Waals surface area contributed by atoms with Crippen LogP contribution in [-0.2, 0) is 0 Å². The first kappa shape index (κ1) is 11.7. The van der Waals surface area contributed by atoms with Crippen molar-refractivity contribution in [1.29, 1.82) is 0 Å². The molecule has 1 N–H and O–H groups in total. The van der Waals surface area contributed by atoms with Crippen molar-refractivity contribution < 1.29 is 4.74 Å². The van der Waals surface area contributed by atoms with E-state index in [1.165, 1.54) is 6.33 Å². The minimum Gasteiger partial charge on any atom is -0.495 e. The molecule has 0 saturated carbocycles. The average molecular weight is 250 g/mol. The van der Waals surface area contributed by atoms with E-state index in [2.05, 4.69) is 15.3 Å². The van der Waals surface area contributed by atoms with Crippen molar-refractivity contribution in [3.05, 3.63) is 41.3 Å². The smallest absolute Gasteiger partial charge is 0.142 e. The Morgan fingerprint density at radius 1 is 1.24 bits per heavy atom. The average Bonchev–Trinajstić information content (AvgIpc) is 2.29. The van der Waals surface area contributed by atoms with Crippen molar-refractivity contribution in [2.24, 2.45) is 0 Å². The van der Waals surface area contributed by atoms with Crippen LogP contribution in [0.4, 0.5) is 11.5 Å². The lowest BCUT2D eigenvalue weighted by atomic mass is 10.2. The Balaban J connectivity index is 2.32. The monoisotopic (exact) mass is 249 g/mol. The van der Waals surface area contributed by atoms with Crippen molar-refractivity contribution in [3.63, 3.8) is 0 Å². The highest BCUT2D eigenvalue weighted by Gasteiger charge is 2.04. The minimum absolute atomic E-state index is 0.397. The molecule has 0 aliphatic rings. The lowest BCUT2D eigenvalue weighted by molar-refractivity contribution is 0.416. The third kappa shape index (κ3) is 2.85. The second-order valence-corrected chi connectivity index (χ2v) is 3.94. The lowest BCUT2D eigenvalue weighted by Gasteiger charge is -2.11. The molecule has 5 heteroatoms. The number of hydrogen-bond acceptors (Lipinski definition) is 4. The van der Waals surface area contributed by atoms with Gasteiger partial charge in [0.2, 0.25) is 0 Å². The van der Waals surface area contributed by atoms with Crippen LogP contribution in [0.1, 0.15) is 5.56 Å². The number of rotatable bonds is 3. The zero-order valence-electron chi connectivity index (χ0n) is 9.57. The summed E-state index contributed by atoms with van der Waals surface area (Å²) in [7, 11) is 1.63. The molecule has 2 rings (SSSR count). The number of hydrogen-bond donors (Lipinski definition) is 1. The summed E-state index contributed by atoms with van der Waals surface area (Å²) in [4.78, 5) is 7.90. The molecule has 0 fully saturated rings. The summed E-state index contributed by atoms with van der Waals surface area (Å²) in [5.41, 5.74) is 1.98. The van der Waals surface area contributed by atoms with Gasteiger partial charge in [-0.3, -0.25) is 0 Å². The number of methoxy groups -OCH3 is 1. The molecule has 0 spiro atoms. The van der Waals surface area contributed by atoms with Crippen LogP contribution < -0.4 is 10.1 Å². The summed E-state index contributed by atoms with van der Waals surface area (Å²) in [5.74, 6) is 1.39. The number of aromatic nitrogens is 2. The topological polar surface area (TPSA) is 47.0 Å². The summed E-state index contributed by atoms with van der Waals surface area (Å²) in [6.07, 6.45) is 1.41. The van der Waals surface area contributed by atoms with E-state index in [0.717, 1.165) is 17.0 Å². The molecule has 0 amide bonds. The van der Waals surface area contributed by atoms with Gasteiger partial charge < -0.3 is 10.1 Å². The van der Waals surface area contributed by atoms with E-state index >= 15 is 0 Å². The van der Waals surface area contributed by atoms with Gasteiger partial charge in [-0.25, -0.2) is 9.97 Å². The van der Waals surface area contributed by atoms with E-state index < -0.39 is 0 Å². The molecule has 0 atom stereocenters. The Kier molecular flexibility index (Phi) is 3.44. The van der Waals surface area contributed by atoms with Crippen LogP contribution in [0.15, 0.2) is 30.6 Å². The van der Waals surface area contributed by atoms with Crippen LogP contribution in [0.2, 0.25) is 5.15 Å². The van der Waals surface area contributed by atoms with E-state index in [1.54, 1.807) is 13.2 Å². The van der Waals surface area contributed by atoms with Gasteiger partial charge in [0.1, 0.15) is 23.0 Å². The SMILES string of the molecule is COc1ccc(C)cc1Nc1cc(Cl)ncn1. The van der Waals surface area contributed by atoms with Crippen LogP contribution >= 0.6 is 11.6 Å². The summed E-state index contributed by atoms with van der Waals surface area (Å²) in [5, 5.41) is 3.54. The third-order valence-corrected chi connectivity index (χ3v) is 2.46. The predicted octanol–water partition coefficient (Wildman–Crippen LogP) is 3.19. The number of aryl methyl sites for hydroxylation is 1.